The number of hydrogen-bond donors (Lipinski definition) is 0. The Kier molecular flexibility index (Phi) is 7.81. The molecule has 1 amide bonds. The fraction of sp³-hybridized carbons (Fsp3) is 0.0667. The topological polar surface area (TPSA) is 53.2 Å². The van der Waals surface area contributed by atoms with Crippen LogP contribution in [-0.4, -0.2) is 11.1 Å². The summed E-state index contributed by atoms with van der Waals surface area (Å²) in [4.78, 5) is 17.3. The molecular weight excluding hydrogens is 377 g/mol. The van der Waals surface area contributed by atoms with Crippen molar-refractivity contribution in [3.8, 4) is 0 Å². The zero-order valence-electron chi connectivity index (χ0n) is 11.8. The van der Waals surface area contributed by atoms with Crippen molar-refractivity contribution in [1.29, 1.82) is 0 Å². The summed E-state index contributed by atoms with van der Waals surface area (Å²) < 4.78 is 0. The molecule has 6 heteroatoms. The molecule has 0 radical (unpaired) electrons. The fourth-order valence-corrected chi connectivity index (χ4v) is 3.14. The summed E-state index contributed by atoms with van der Waals surface area (Å²) in [6.07, 6.45) is 5.53. The smallest absolute Gasteiger partial charge is 0.664 e. The van der Waals surface area contributed by atoms with Crippen LogP contribution in [0.15, 0.2) is 63.4 Å². The number of fused-ring (bicyclic) bond motifs is 1. The minimum Gasteiger partial charge on any atom is -0.664 e. The zero-order valence-corrected chi connectivity index (χ0v) is 18.3. The number of carbonyl (C=O) groups is 1. The Labute approximate surface area is 182 Å². The molecule has 21 heavy (non-hydrogen) atoms. The van der Waals surface area contributed by atoms with Crippen molar-refractivity contribution in [1.82, 2.24) is 0 Å². The van der Waals surface area contributed by atoms with Gasteiger partial charge in [0.05, 0.1) is 11.6 Å². The van der Waals surface area contributed by atoms with Gasteiger partial charge >= 0.3 is 58.2 Å². The molecule has 2 rings (SSSR count). The van der Waals surface area contributed by atoms with E-state index in [1.165, 1.54) is 11.8 Å². The van der Waals surface area contributed by atoms with Crippen molar-refractivity contribution in [3.05, 3.63) is 64.8 Å². The molecule has 0 unspecified atom stereocenters. The van der Waals surface area contributed by atoms with Crippen molar-refractivity contribution in [2.75, 3.05) is 0 Å². The van der Waals surface area contributed by atoms with Gasteiger partial charge in [0.15, 0.2) is 0 Å². The van der Waals surface area contributed by atoms with E-state index >= 15 is 0 Å². The molecule has 0 aliphatic carbocycles. The molecule has 102 valence electrons. The molecule has 1 aliphatic heterocycles. The predicted molar refractivity (Wildman–Crippen MR) is 85.9 cm³/mol. The van der Waals surface area contributed by atoms with Crippen molar-refractivity contribution < 1.29 is 63.0 Å². The summed E-state index contributed by atoms with van der Waals surface area (Å²) in [6, 6.07) is 4.99. The average molecular weight is 389 g/mol. The maximum absolute atomic E-state index is 11.1. The average Bonchev–Trinajstić information content (AvgIpc) is 2.53. The van der Waals surface area contributed by atoms with Crippen LogP contribution in [0.5, 0.6) is 0 Å². The standard InChI is InChI=1S/C15H13ClN2OS.Rb/c1-3-5-12-10(4-2)14(16)18-11-8-9(15(17)19)6-7-13(11)20-12;/h3-8H,2H2,1H3,(H2,17,19);/q;+1/p-1/b5-3-;. The SMILES string of the molecule is C=CC1=C(/C=C\C)Sc2ccc(C([NH-])=O)cc2N=C1Cl.[Rb+]. The Morgan fingerprint density at radius 1 is 1.48 bits per heavy atom. The van der Waals surface area contributed by atoms with Crippen LogP contribution in [0.25, 0.3) is 5.73 Å². The molecule has 0 atom stereocenters. The summed E-state index contributed by atoms with van der Waals surface area (Å²) in [5.41, 5.74) is 8.80. The number of aliphatic imine (C=N–C) groups is 1. The van der Waals surface area contributed by atoms with Crippen molar-refractivity contribution in [2.45, 2.75) is 11.8 Å². The molecule has 0 spiro atoms. The van der Waals surface area contributed by atoms with Crippen LogP contribution in [0.2, 0.25) is 0 Å². The van der Waals surface area contributed by atoms with Crippen molar-refractivity contribution in [3.63, 3.8) is 0 Å². The maximum atomic E-state index is 11.1. The normalized spacial score (nSPS) is 14.1. The molecule has 0 aromatic heterocycles. The van der Waals surface area contributed by atoms with Gasteiger partial charge in [-0.05, 0) is 19.1 Å². The van der Waals surface area contributed by atoms with Crippen LogP contribution < -0.4 is 58.2 Å². The number of carbonyl (C=O) groups excluding carboxylic acids is 1. The summed E-state index contributed by atoms with van der Waals surface area (Å²) in [7, 11) is 0. The molecule has 1 aromatic carbocycles. The quantitative estimate of drug-likeness (QED) is 0.797. The van der Waals surface area contributed by atoms with Crippen LogP contribution in [-0.2, 0) is 0 Å². The Bertz CT molecular complexity index is 680. The number of nitrogens with zero attached hydrogens (tertiary/aromatic N) is 1. The van der Waals surface area contributed by atoms with Gasteiger partial charge in [0, 0.05) is 20.9 Å². The molecule has 0 bridgehead atoms. The first-order valence-electron chi connectivity index (χ1n) is 5.88. The van der Waals surface area contributed by atoms with E-state index in [0.29, 0.717) is 16.4 Å². The van der Waals surface area contributed by atoms with Gasteiger partial charge < -0.3 is 10.5 Å². The molecule has 1 heterocycles. The first-order chi connectivity index (χ1) is 9.56. The molecule has 3 nitrogen and oxygen atoms in total. The van der Waals surface area contributed by atoms with E-state index in [-0.39, 0.29) is 58.2 Å². The van der Waals surface area contributed by atoms with E-state index in [0.717, 1.165) is 15.4 Å². The molecule has 1 aliphatic rings. The maximum Gasteiger partial charge on any atom is 1.00 e. The second-order valence-corrected chi connectivity index (χ2v) is 5.44. The summed E-state index contributed by atoms with van der Waals surface area (Å²) >= 11 is 7.73. The minimum atomic E-state index is -0.737. The fourth-order valence-electron chi connectivity index (χ4n) is 1.73. The van der Waals surface area contributed by atoms with Crippen molar-refractivity contribution >= 4 is 40.1 Å². The summed E-state index contributed by atoms with van der Waals surface area (Å²) in [6.45, 7) is 5.69. The van der Waals surface area contributed by atoms with Gasteiger partial charge in [-0.25, -0.2) is 4.99 Å². The first kappa shape index (κ1) is 19.1. The largest absolute Gasteiger partial charge is 1.00 e. The van der Waals surface area contributed by atoms with Gasteiger partial charge in [-0.1, -0.05) is 54.2 Å². The van der Waals surface area contributed by atoms with Crippen LogP contribution in [0, 0.1) is 0 Å². The van der Waals surface area contributed by atoms with Gasteiger partial charge in [-0.15, -0.1) is 0 Å². The van der Waals surface area contributed by atoms with Gasteiger partial charge in [-0.2, -0.15) is 0 Å². The Hall–Kier alpha value is 0.0252. The van der Waals surface area contributed by atoms with E-state index in [4.69, 9.17) is 17.3 Å². The van der Waals surface area contributed by atoms with Crippen LogP contribution >= 0.6 is 23.4 Å². The van der Waals surface area contributed by atoms with Gasteiger partial charge in [0.2, 0.25) is 0 Å². The summed E-state index contributed by atoms with van der Waals surface area (Å²) in [5.74, 6) is -0.737. The molecule has 1 N–H and O–H groups in total. The Morgan fingerprint density at radius 3 is 2.76 bits per heavy atom. The van der Waals surface area contributed by atoms with E-state index in [9.17, 15) is 4.79 Å². The number of halogens is 1. The molecule has 0 saturated heterocycles. The number of allylic oxidation sites excluding steroid dienone is 4. The number of amides is 1. The number of thioether (sulfide) groups is 1. The zero-order chi connectivity index (χ0) is 14.7. The Balaban J connectivity index is 0.00000220. The second-order valence-electron chi connectivity index (χ2n) is 4.00. The predicted octanol–water partition coefficient (Wildman–Crippen LogP) is 2.27. The number of rotatable bonds is 3. The molecule has 0 saturated carbocycles. The van der Waals surface area contributed by atoms with E-state index in [2.05, 4.69) is 11.6 Å². The summed E-state index contributed by atoms with van der Waals surface area (Å²) in [5, 5.41) is 0.328. The Morgan fingerprint density at radius 2 is 2.19 bits per heavy atom. The third-order valence-corrected chi connectivity index (χ3v) is 4.10. The molecule has 1 aromatic rings. The minimum absolute atomic E-state index is 0. The third-order valence-electron chi connectivity index (χ3n) is 2.67. The van der Waals surface area contributed by atoms with Crippen LogP contribution in [0.1, 0.15) is 17.3 Å². The molecular formula is C15H12ClN2ORbS. The second kappa shape index (κ2) is 8.60. The van der Waals surface area contributed by atoms with Crippen LogP contribution in [0.3, 0.4) is 0 Å². The third kappa shape index (κ3) is 4.50. The van der Waals surface area contributed by atoms with Crippen LogP contribution in [0.4, 0.5) is 5.69 Å². The molecule has 0 fully saturated rings. The van der Waals surface area contributed by atoms with E-state index in [1.54, 1.807) is 24.3 Å². The van der Waals surface area contributed by atoms with Gasteiger partial charge in [0.25, 0.3) is 0 Å². The van der Waals surface area contributed by atoms with Gasteiger partial charge in [0.1, 0.15) is 5.17 Å². The van der Waals surface area contributed by atoms with E-state index in [1.807, 2.05) is 19.1 Å². The monoisotopic (exact) mass is 388 g/mol. The first-order valence-corrected chi connectivity index (χ1v) is 7.08. The van der Waals surface area contributed by atoms with Gasteiger partial charge in [-0.3, -0.25) is 0 Å². The number of hydrogen-bond acceptors (Lipinski definition) is 3. The van der Waals surface area contributed by atoms with E-state index < -0.39 is 5.91 Å². The number of benzene rings is 1. The number of nitrogens with one attached hydrogen (secondary N) is 1. The van der Waals surface area contributed by atoms with Crippen molar-refractivity contribution in [2.24, 2.45) is 4.99 Å².